The highest BCUT2D eigenvalue weighted by molar-refractivity contribution is 5.99. The summed E-state index contributed by atoms with van der Waals surface area (Å²) in [6.07, 6.45) is 15.3. The van der Waals surface area contributed by atoms with Crippen molar-refractivity contribution in [2.24, 2.45) is 34.5 Å². The van der Waals surface area contributed by atoms with Crippen molar-refractivity contribution in [3.8, 4) is 0 Å². The van der Waals surface area contributed by atoms with E-state index in [1.54, 1.807) is 0 Å². The van der Waals surface area contributed by atoms with Gasteiger partial charge in [0.25, 0.3) is 0 Å². The molecule has 254 valence electrons. The van der Waals surface area contributed by atoms with E-state index in [-0.39, 0.29) is 34.5 Å². The number of hydrogen-bond donors (Lipinski definition) is 4. The maximum absolute atomic E-state index is 12.2. The minimum atomic E-state index is -0.146. The lowest BCUT2D eigenvalue weighted by atomic mass is 9.30. The van der Waals surface area contributed by atoms with E-state index in [0.29, 0.717) is 33.6 Å². The molecule has 8 fully saturated rings. The summed E-state index contributed by atoms with van der Waals surface area (Å²) in [5, 5.41) is 11.9. The van der Waals surface area contributed by atoms with Gasteiger partial charge >= 0.3 is 0 Å². The van der Waals surface area contributed by atoms with Gasteiger partial charge in [-0.1, -0.05) is 12.1 Å². The fraction of sp³-hybridized carbons (Fsp3) is 0.600. The van der Waals surface area contributed by atoms with Crippen LogP contribution in [0.25, 0.3) is 0 Å². The Bertz CT molecular complexity index is 1580. The quantitative estimate of drug-likeness (QED) is 0.244. The number of amides is 4. The summed E-state index contributed by atoms with van der Waals surface area (Å²) in [5.41, 5.74) is 6.13. The Morgan fingerprint density at radius 2 is 0.792 bits per heavy atom. The predicted molar refractivity (Wildman–Crippen MR) is 188 cm³/mol. The molecule has 4 unspecified atom stereocenters. The molecule has 10 rings (SSSR count). The van der Waals surface area contributed by atoms with Gasteiger partial charge < -0.3 is 21.3 Å². The molecule has 0 aromatic heterocycles. The minimum Gasteiger partial charge on any atom is -0.325 e. The van der Waals surface area contributed by atoms with Gasteiger partial charge in [0.1, 0.15) is 0 Å². The molecule has 2 aromatic rings. The van der Waals surface area contributed by atoms with Crippen LogP contribution in [-0.2, 0) is 30.0 Å². The Kier molecular flexibility index (Phi) is 7.18. The zero-order chi connectivity index (χ0) is 33.6. The number of carbonyl (C=O) groups is 4. The largest absolute Gasteiger partial charge is 0.325 e. The lowest BCUT2D eigenvalue weighted by molar-refractivity contribution is -0.212. The average Bonchev–Trinajstić information content (AvgIpc) is 2.96. The topological polar surface area (TPSA) is 116 Å². The van der Waals surface area contributed by atoms with Crippen LogP contribution in [0.1, 0.15) is 116 Å². The first-order valence-corrected chi connectivity index (χ1v) is 18.2. The molecule has 4 atom stereocenters. The highest BCUT2D eigenvalue weighted by atomic mass is 16.2. The lowest BCUT2D eigenvalue weighted by Gasteiger charge is -2.74. The Hall–Kier alpha value is -3.68. The van der Waals surface area contributed by atoms with E-state index in [9.17, 15) is 19.2 Å². The van der Waals surface area contributed by atoms with Gasteiger partial charge in [-0.05, 0) is 158 Å². The van der Waals surface area contributed by atoms with Gasteiger partial charge in [0, 0.05) is 27.7 Å². The maximum Gasteiger partial charge on any atom is 0.221 e. The highest BCUT2D eigenvalue weighted by Gasteiger charge is 2.70. The molecule has 0 heterocycles. The zero-order valence-corrected chi connectivity index (χ0v) is 28.9. The molecule has 8 aliphatic rings. The molecule has 8 heteroatoms. The van der Waals surface area contributed by atoms with Crippen molar-refractivity contribution in [2.75, 3.05) is 21.3 Å². The molecular formula is C40H50N4O4. The second-order valence-electron chi connectivity index (χ2n) is 17.3. The van der Waals surface area contributed by atoms with Crippen LogP contribution >= 0.6 is 0 Å². The molecule has 0 radical (unpaired) electrons. The van der Waals surface area contributed by atoms with Crippen LogP contribution < -0.4 is 21.3 Å². The van der Waals surface area contributed by atoms with Crippen molar-refractivity contribution in [1.82, 2.24) is 0 Å². The van der Waals surface area contributed by atoms with Crippen LogP contribution in [0.15, 0.2) is 36.4 Å². The first kappa shape index (κ1) is 31.6. The molecule has 0 saturated heterocycles. The van der Waals surface area contributed by atoms with Crippen LogP contribution in [-0.4, -0.2) is 23.6 Å². The standard InChI is InChI=1S/C40H50N4O4/c1-23(45)41-33-7-5-31(11-35(33)43-25(3)47)37-13-27-9-28(14-37)18-39(17-27,21-37)40-19-29-10-30(20-40)16-38(15-29,22-40)32-6-8-34(42-24(2)46)36(12-32)44-26(4)48/h5-8,11-12,27-30H,9-10,13-22H2,1-4H3,(H,41,45)(H,42,46)(H,43,47)(H,44,48). The van der Waals surface area contributed by atoms with Crippen molar-refractivity contribution in [2.45, 2.75) is 116 Å². The third kappa shape index (κ3) is 5.08. The summed E-state index contributed by atoms with van der Waals surface area (Å²) in [5.74, 6) is 2.32. The van der Waals surface area contributed by atoms with Gasteiger partial charge in [0.2, 0.25) is 23.6 Å². The van der Waals surface area contributed by atoms with E-state index in [1.807, 2.05) is 12.1 Å². The van der Waals surface area contributed by atoms with Gasteiger partial charge in [-0.3, -0.25) is 19.2 Å². The Morgan fingerprint density at radius 1 is 0.479 bits per heavy atom. The summed E-state index contributed by atoms with van der Waals surface area (Å²) >= 11 is 0. The van der Waals surface area contributed by atoms with Crippen molar-refractivity contribution in [1.29, 1.82) is 0 Å². The van der Waals surface area contributed by atoms with Gasteiger partial charge in [-0.15, -0.1) is 0 Å². The van der Waals surface area contributed by atoms with E-state index >= 15 is 0 Å². The van der Waals surface area contributed by atoms with E-state index in [0.717, 1.165) is 23.7 Å². The Labute approximate surface area is 284 Å². The van der Waals surface area contributed by atoms with Crippen molar-refractivity contribution in [3.63, 3.8) is 0 Å². The number of nitrogens with one attached hydrogen (secondary N) is 4. The summed E-state index contributed by atoms with van der Waals surface area (Å²) in [4.78, 5) is 48.5. The van der Waals surface area contributed by atoms with Crippen molar-refractivity contribution < 1.29 is 19.2 Å². The molecule has 4 N–H and O–H groups in total. The minimum absolute atomic E-state index is 0.0845. The first-order chi connectivity index (χ1) is 22.8. The molecular weight excluding hydrogens is 600 g/mol. The lowest BCUT2D eigenvalue weighted by Crippen LogP contribution is -2.66. The maximum atomic E-state index is 12.2. The second kappa shape index (κ2) is 10.9. The highest BCUT2D eigenvalue weighted by Crippen LogP contribution is 2.79. The molecule has 0 aliphatic heterocycles. The molecule has 2 aromatic carbocycles. The van der Waals surface area contributed by atoms with Gasteiger partial charge in [0.15, 0.2) is 0 Å². The fourth-order valence-corrected chi connectivity index (χ4v) is 13.4. The third-order valence-electron chi connectivity index (χ3n) is 13.8. The summed E-state index contributed by atoms with van der Waals surface area (Å²) < 4.78 is 0. The number of carbonyl (C=O) groups excluding carboxylic acids is 4. The third-order valence-corrected chi connectivity index (χ3v) is 13.8. The Balaban J connectivity index is 1.18. The average molecular weight is 651 g/mol. The van der Waals surface area contributed by atoms with E-state index in [1.165, 1.54) is 116 Å². The summed E-state index contributed by atoms with van der Waals surface area (Å²) in [6, 6.07) is 12.8. The monoisotopic (exact) mass is 650 g/mol. The van der Waals surface area contributed by atoms with Gasteiger partial charge in [-0.25, -0.2) is 0 Å². The number of hydrogen-bond acceptors (Lipinski definition) is 4. The number of anilines is 4. The summed E-state index contributed by atoms with van der Waals surface area (Å²) in [7, 11) is 0. The first-order valence-electron chi connectivity index (χ1n) is 18.2. The number of rotatable bonds is 7. The molecule has 8 aliphatic carbocycles. The van der Waals surface area contributed by atoms with Crippen LogP contribution in [0.5, 0.6) is 0 Å². The smallest absolute Gasteiger partial charge is 0.221 e. The van der Waals surface area contributed by atoms with Gasteiger partial charge in [0.05, 0.1) is 22.7 Å². The SMILES string of the molecule is CC(=O)Nc1ccc(C23CC4CC(C2)CC(C25CC6CC(CC(c7ccc(NC(C)=O)c(NC(C)=O)c7)(C6)C2)C5)(C4)C3)cc1NC(C)=O. The van der Waals surface area contributed by atoms with Gasteiger partial charge in [-0.2, -0.15) is 0 Å². The molecule has 8 nitrogen and oxygen atoms in total. The number of benzene rings is 2. The zero-order valence-electron chi connectivity index (χ0n) is 28.9. The normalized spacial score (nSPS) is 36.8. The summed E-state index contributed by atoms with van der Waals surface area (Å²) in [6.45, 7) is 6.06. The molecule has 4 amide bonds. The predicted octanol–water partition coefficient (Wildman–Crippen LogP) is 7.90. The molecule has 8 saturated carbocycles. The molecule has 8 bridgehead atoms. The Morgan fingerprint density at radius 3 is 1.10 bits per heavy atom. The van der Waals surface area contributed by atoms with E-state index in [2.05, 4.69) is 45.5 Å². The molecule has 48 heavy (non-hydrogen) atoms. The van der Waals surface area contributed by atoms with Crippen LogP contribution in [0.2, 0.25) is 0 Å². The van der Waals surface area contributed by atoms with Crippen LogP contribution in [0.3, 0.4) is 0 Å². The van der Waals surface area contributed by atoms with Crippen LogP contribution in [0.4, 0.5) is 22.7 Å². The molecule has 0 spiro atoms. The fourth-order valence-electron chi connectivity index (χ4n) is 13.4. The second-order valence-corrected chi connectivity index (χ2v) is 17.3. The van der Waals surface area contributed by atoms with E-state index in [4.69, 9.17) is 0 Å². The van der Waals surface area contributed by atoms with Crippen molar-refractivity contribution in [3.05, 3.63) is 47.5 Å². The van der Waals surface area contributed by atoms with Crippen molar-refractivity contribution >= 4 is 46.4 Å². The van der Waals surface area contributed by atoms with Crippen LogP contribution in [0, 0.1) is 34.5 Å². The van der Waals surface area contributed by atoms with E-state index < -0.39 is 0 Å².